The summed E-state index contributed by atoms with van der Waals surface area (Å²) in [4.78, 5) is 19.3. The smallest absolute Gasteiger partial charge is 0.358 e. The first-order valence-electron chi connectivity index (χ1n) is 5.75. The number of aromatic nitrogens is 2. The van der Waals surface area contributed by atoms with Crippen molar-refractivity contribution in [1.29, 1.82) is 0 Å². The zero-order valence-electron chi connectivity index (χ0n) is 11.0. The fourth-order valence-electron chi connectivity index (χ4n) is 1.63. The summed E-state index contributed by atoms with van der Waals surface area (Å²) in [5.74, 6) is 0.398. The van der Waals surface area contributed by atoms with E-state index in [0.29, 0.717) is 5.75 Å². The van der Waals surface area contributed by atoms with E-state index < -0.39 is 5.97 Å². The SMILES string of the molecule is COC(=O)c1cncc(Oc2ccc(C)cc2C)n1. The average molecular weight is 258 g/mol. The first kappa shape index (κ1) is 13.0. The summed E-state index contributed by atoms with van der Waals surface area (Å²) in [5, 5.41) is 0. The van der Waals surface area contributed by atoms with Crippen molar-refractivity contribution in [3.8, 4) is 11.6 Å². The van der Waals surface area contributed by atoms with E-state index >= 15 is 0 Å². The van der Waals surface area contributed by atoms with Crippen LogP contribution in [0.25, 0.3) is 0 Å². The van der Waals surface area contributed by atoms with Gasteiger partial charge in [-0.25, -0.2) is 9.78 Å². The van der Waals surface area contributed by atoms with Gasteiger partial charge in [-0.1, -0.05) is 17.7 Å². The molecule has 0 aliphatic carbocycles. The van der Waals surface area contributed by atoms with Gasteiger partial charge in [0.2, 0.25) is 5.88 Å². The molecule has 0 aliphatic heterocycles. The normalized spacial score (nSPS) is 10.1. The molecule has 0 spiro atoms. The Morgan fingerprint density at radius 3 is 2.68 bits per heavy atom. The number of hydrogen-bond donors (Lipinski definition) is 0. The maximum absolute atomic E-state index is 11.3. The Balaban J connectivity index is 2.26. The van der Waals surface area contributed by atoms with E-state index in [2.05, 4.69) is 14.7 Å². The molecule has 0 saturated carbocycles. The quantitative estimate of drug-likeness (QED) is 0.792. The highest BCUT2D eigenvalue weighted by Crippen LogP contribution is 2.24. The van der Waals surface area contributed by atoms with E-state index in [9.17, 15) is 4.79 Å². The molecule has 1 aromatic heterocycles. The number of benzene rings is 1. The summed E-state index contributed by atoms with van der Waals surface area (Å²) in [5.41, 5.74) is 2.26. The van der Waals surface area contributed by atoms with Crippen LogP contribution in [0, 0.1) is 13.8 Å². The topological polar surface area (TPSA) is 61.3 Å². The highest BCUT2D eigenvalue weighted by atomic mass is 16.5. The molecule has 2 aromatic rings. The third-order valence-corrected chi connectivity index (χ3v) is 2.55. The van der Waals surface area contributed by atoms with Gasteiger partial charge in [0.05, 0.1) is 19.5 Å². The van der Waals surface area contributed by atoms with Gasteiger partial charge in [0.25, 0.3) is 0 Å². The molecule has 0 bridgehead atoms. The molecule has 0 fully saturated rings. The predicted octanol–water partition coefficient (Wildman–Crippen LogP) is 2.67. The van der Waals surface area contributed by atoms with Gasteiger partial charge in [-0.15, -0.1) is 0 Å². The fraction of sp³-hybridized carbons (Fsp3) is 0.214. The number of aryl methyl sites for hydroxylation is 2. The summed E-state index contributed by atoms with van der Waals surface area (Å²) in [6, 6.07) is 5.81. The third-order valence-electron chi connectivity index (χ3n) is 2.55. The summed E-state index contributed by atoms with van der Waals surface area (Å²) < 4.78 is 10.2. The van der Waals surface area contributed by atoms with Gasteiger partial charge in [0, 0.05) is 0 Å². The van der Waals surface area contributed by atoms with Crippen LogP contribution in [0.15, 0.2) is 30.6 Å². The van der Waals surface area contributed by atoms with Crippen molar-refractivity contribution in [3.63, 3.8) is 0 Å². The van der Waals surface area contributed by atoms with Gasteiger partial charge < -0.3 is 9.47 Å². The lowest BCUT2D eigenvalue weighted by Gasteiger charge is -2.08. The Hall–Kier alpha value is -2.43. The number of carbonyl (C=O) groups excluding carboxylic acids is 1. The first-order chi connectivity index (χ1) is 9.10. The maximum Gasteiger partial charge on any atom is 0.358 e. The lowest BCUT2D eigenvalue weighted by atomic mass is 10.1. The highest BCUT2D eigenvalue weighted by Gasteiger charge is 2.10. The summed E-state index contributed by atoms with van der Waals surface area (Å²) in [7, 11) is 1.29. The van der Waals surface area contributed by atoms with Crippen molar-refractivity contribution < 1.29 is 14.3 Å². The van der Waals surface area contributed by atoms with Crippen molar-refractivity contribution in [2.45, 2.75) is 13.8 Å². The highest BCUT2D eigenvalue weighted by molar-refractivity contribution is 5.86. The number of esters is 1. The number of rotatable bonds is 3. The van der Waals surface area contributed by atoms with Crippen molar-refractivity contribution in [2.24, 2.45) is 0 Å². The zero-order chi connectivity index (χ0) is 13.8. The predicted molar refractivity (Wildman–Crippen MR) is 69.4 cm³/mol. The largest absolute Gasteiger partial charge is 0.464 e. The van der Waals surface area contributed by atoms with Crippen LogP contribution in [-0.4, -0.2) is 23.0 Å². The summed E-state index contributed by atoms with van der Waals surface area (Å²) >= 11 is 0. The van der Waals surface area contributed by atoms with Crippen molar-refractivity contribution in [2.75, 3.05) is 7.11 Å². The molecule has 5 heteroatoms. The van der Waals surface area contributed by atoms with E-state index in [4.69, 9.17) is 4.74 Å². The second kappa shape index (κ2) is 5.48. The number of methoxy groups -OCH3 is 1. The molecule has 19 heavy (non-hydrogen) atoms. The summed E-state index contributed by atoms with van der Waals surface area (Å²) in [6.07, 6.45) is 2.78. The molecule has 0 amide bonds. The molecule has 0 radical (unpaired) electrons. The zero-order valence-corrected chi connectivity index (χ0v) is 11.0. The number of ether oxygens (including phenoxy) is 2. The Morgan fingerprint density at radius 1 is 1.21 bits per heavy atom. The Kier molecular flexibility index (Phi) is 3.75. The first-order valence-corrected chi connectivity index (χ1v) is 5.75. The molecule has 0 aliphatic rings. The second-order valence-corrected chi connectivity index (χ2v) is 4.11. The van der Waals surface area contributed by atoms with Crippen molar-refractivity contribution in [3.05, 3.63) is 47.4 Å². The van der Waals surface area contributed by atoms with Gasteiger partial charge in [-0.3, -0.25) is 4.98 Å². The average Bonchev–Trinajstić information content (AvgIpc) is 2.41. The minimum atomic E-state index is -0.543. The lowest BCUT2D eigenvalue weighted by Crippen LogP contribution is -2.05. The van der Waals surface area contributed by atoms with E-state index in [1.165, 1.54) is 19.5 Å². The second-order valence-electron chi connectivity index (χ2n) is 4.11. The minimum Gasteiger partial charge on any atom is -0.464 e. The molecule has 1 heterocycles. The van der Waals surface area contributed by atoms with Crippen LogP contribution in [0.5, 0.6) is 11.6 Å². The van der Waals surface area contributed by atoms with Gasteiger partial charge in [0.1, 0.15) is 5.75 Å². The van der Waals surface area contributed by atoms with E-state index in [1.54, 1.807) is 0 Å². The van der Waals surface area contributed by atoms with Crippen molar-refractivity contribution in [1.82, 2.24) is 9.97 Å². The van der Waals surface area contributed by atoms with Crippen LogP contribution in [-0.2, 0) is 4.74 Å². The standard InChI is InChI=1S/C14H14N2O3/c1-9-4-5-12(10(2)6-9)19-13-8-15-7-11(16-13)14(17)18-3/h4-8H,1-3H3. The summed E-state index contributed by atoms with van der Waals surface area (Å²) in [6.45, 7) is 3.95. The Bertz CT molecular complexity index is 611. The van der Waals surface area contributed by atoms with Crippen LogP contribution in [0.1, 0.15) is 21.6 Å². The van der Waals surface area contributed by atoms with Gasteiger partial charge in [-0.05, 0) is 25.5 Å². The third kappa shape index (κ3) is 3.07. The van der Waals surface area contributed by atoms with Gasteiger partial charge in [0.15, 0.2) is 5.69 Å². The number of hydrogen-bond acceptors (Lipinski definition) is 5. The lowest BCUT2D eigenvalue weighted by molar-refractivity contribution is 0.0592. The molecule has 0 unspecified atom stereocenters. The molecule has 0 atom stereocenters. The van der Waals surface area contributed by atoms with E-state index in [1.807, 2.05) is 32.0 Å². The molecule has 2 rings (SSSR count). The Morgan fingerprint density at radius 2 is 2.00 bits per heavy atom. The monoisotopic (exact) mass is 258 g/mol. The van der Waals surface area contributed by atoms with Crippen LogP contribution in [0.4, 0.5) is 0 Å². The fourth-order valence-corrected chi connectivity index (χ4v) is 1.63. The molecular formula is C14H14N2O3. The van der Waals surface area contributed by atoms with Crippen molar-refractivity contribution >= 4 is 5.97 Å². The number of nitrogens with zero attached hydrogens (tertiary/aromatic N) is 2. The molecule has 1 aromatic carbocycles. The molecule has 0 saturated heterocycles. The van der Waals surface area contributed by atoms with E-state index in [0.717, 1.165) is 11.1 Å². The van der Waals surface area contributed by atoms with Gasteiger partial charge in [-0.2, -0.15) is 0 Å². The van der Waals surface area contributed by atoms with Crippen LogP contribution >= 0.6 is 0 Å². The molecular weight excluding hydrogens is 244 g/mol. The van der Waals surface area contributed by atoms with Gasteiger partial charge >= 0.3 is 5.97 Å². The van der Waals surface area contributed by atoms with Crippen LogP contribution < -0.4 is 4.74 Å². The molecule has 98 valence electrons. The number of carbonyl (C=O) groups is 1. The molecule has 0 N–H and O–H groups in total. The van der Waals surface area contributed by atoms with Crippen LogP contribution in [0.2, 0.25) is 0 Å². The minimum absolute atomic E-state index is 0.116. The maximum atomic E-state index is 11.3. The Labute approximate surface area is 111 Å². The molecule has 5 nitrogen and oxygen atoms in total. The van der Waals surface area contributed by atoms with Crippen LogP contribution in [0.3, 0.4) is 0 Å². The van der Waals surface area contributed by atoms with E-state index in [-0.39, 0.29) is 11.6 Å².